The summed E-state index contributed by atoms with van der Waals surface area (Å²) in [5, 5.41) is 8.81. The van der Waals surface area contributed by atoms with E-state index < -0.39 is 0 Å². The Labute approximate surface area is 123 Å². The monoisotopic (exact) mass is 283 g/mol. The lowest BCUT2D eigenvalue weighted by Gasteiger charge is -2.17. The number of carbonyl (C=O) groups is 1. The van der Waals surface area contributed by atoms with E-state index in [1.54, 1.807) is 30.4 Å². The number of hydrogen-bond donors (Lipinski definition) is 2. The van der Waals surface area contributed by atoms with Gasteiger partial charge in [0.05, 0.1) is 12.1 Å². The summed E-state index contributed by atoms with van der Waals surface area (Å²) in [5.41, 5.74) is 2.13. The molecular formula is C16H17N3O2. The first-order valence-corrected chi connectivity index (χ1v) is 6.56. The van der Waals surface area contributed by atoms with Gasteiger partial charge in [0.25, 0.3) is 5.91 Å². The SMILES string of the molecule is Cc1ccc(C#CCO)c(C(=O)N(C)Cc2ncc[nH]2)c1. The number of nitrogens with zero attached hydrogens (tertiary/aromatic N) is 2. The first kappa shape index (κ1) is 14.8. The Bertz CT molecular complexity index is 681. The Morgan fingerprint density at radius 1 is 1.48 bits per heavy atom. The van der Waals surface area contributed by atoms with Crippen molar-refractivity contribution >= 4 is 5.91 Å². The minimum atomic E-state index is -0.232. The molecule has 2 rings (SSSR count). The summed E-state index contributed by atoms with van der Waals surface area (Å²) < 4.78 is 0. The first-order chi connectivity index (χ1) is 10.1. The van der Waals surface area contributed by atoms with Crippen LogP contribution in [-0.4, -0.2) is 39.5 Å². The Hall–Kier alpha value is -2.58. The molecule has 0 aliphatic rings. The number of aliphatic hydroxyl groups excluding tert-OH is 1. The van der Waals surface area contributed by atoms with E-state index in [0.29, 0.717) is 17.7 Å². The number of H-pyrrole nitrogens is 1. The number of amides is 1. The summed E-state index contributed by atoms with van der Waals surface area (Å²) in [6, 6.07) is 5.50. The maximum absolute atomic E-state index is 12.6. The molecular weight excluding hydrogens is 266 g/mol. The van der Waals surface area contributed by atoms with Gasteiger partial charge in [-0.2, -0.15) is 0 Å². The van der Waals surface area contributed by atoms with Crippen molar-refractivity contribution in [3.8, 4) is 11.8 Å². The number of aromatic amines is 1. The molecule has 1 aromatic heterocycles. The van der Waals surface area contributed by atoms with E-state index in [2.05, 4.69) is 21.8 Å². The highest BCUT2D eigenvalue weighted by atomic mass is 16.2. The van der Waals surface area contributed by atoms with Gasteiger partial charge in [-0.1, -0.05) is 23.5 Å². The number of carbonyl (C=O) groups excluding carboxylic acids is 1. The lowest BCUT2D eigenvalue weighted by Crippen LogP contribution is -2.27. The fourth-order valence-corrected chi connectivity index (χ4v) is 1.97. The number of nitrogens with one attached hydrogen (secondary N) is 1. The van der Waals surface area contributed by atoms with Crippen LogP contribution in [0.5, 0.6) is 0 Å². The van der Waals surface area contributed by atoms with E-state index in [1.807, 2.05) is 19.1 Å². The van der Waals surface area contributed by atoms with Gasteiger partial charge >= 0.3 is 0 Å². The fraction of sp³-hybridized carbons (Fsp3) is 0.250. The molecule has 0 bridgehead atoms. The number of rotatable bonds is 3. The number of hydrogen-bond acceptors (Lipinski definition) is 3. The third-order valence-electron chi connectivity index (χ3n) is 3.00. The zero-order valence-electron chi connectivity index (χ0n) is 12.1. The number of benzene rings is 1. The highest BCUT2D eigenvalue weighted by Crippen LogP contribution is 2.14. The van der Waals surface area contributed by atoms with Gasteiger partial charge in [-0.05, 0) is 19.1 Å². The minimum Gasteiger partial charge on any atom is -0.384 e. The smallest absolute Gasteiger partial charge is 0.255 e. The molecule has 2 N–H and O–H groups in total. The fourth-order valence-electron chi connectivity index (χ4n) is 1.97. The number of imidazole rings is 1. The number of aliphatic hydroxyl groups is 1. The van der Waals surface area contributed by atoms with Gasteiger partial charge < -0.3 is 15.0 Å². The van der Waals surface area contributed by atoms with Crippen molar-refractivity contribution in [3.05, 3.63) is 53.1 Å². The van der Waals surface area contributed by atoms with Crippen LogP contribution in [0, 0.1) is 18.8 Å². The molecule has 0 saturated carbocycles. The van der Waals surface area contributed by atoms with Crippen LogP contribution in [0.15, 0.2) is 30.6 Å². The third-order valence-corrected chi connectivity index (χ3v) is 3.00. The van der Waals surface area contributed by atoms with Crippen LogP contribution >= 0.6 is 0 Å². The molecule has 0 saturated heterocycles. The zero-order valence-corrected chi connectivity index (χ0v) is 12.1. The maximum Gasteiger partial charge on any atom is 0.255 e. The average Bonchev–Trinajstić information content (AvgIpc) is 2.98. The second-order valence-corrected chi connectivity index (χ2v) is 4.71. The summed E-state index contributed by atoms with van der Waals surface area (Å²) in [6.45, 7) is 2.09. The highest BCUT2D eigenvalue weighted by Gasteiger charge is 2.16. The van der Waals surface area contributed by atoms with Crippen LogP contribution in [0.3, 0.4) is 0 Å². The van der Waals surface area contributed by atoms with Crippen LogP contribution in [0.1, 0.15) is 27.3 Å². The van der Waals surface area contributed by atoms with E-state index in [0.717, 1.165) is 11.4 Å². The molecule has 0 aliphatic carbocycles. The van der Waals surface area contributed by atoms with Crippen molar-refractivity contribution in [1.29, 1.82) is 0 Å². The van der Waals surface area contributed by atoms with Crippen molar-refractivity contribution in [1.82, 2.24) is 14.9 Å². The molecule has 2 aromatic rings. The summed E-state index contributed by atoms with van der Waals surface area (Å²) >= 11 is 0. The Morgan fingerprint density at radius 3 is 2.95 bits per heavy atom. The molecule has 5 nitrogen and oxygen atoms in total. The second kappa shape index (κ2) is 6.73. The van der Waals surface area contributed by atoms with Gasteiger partial charge in [0.15, 0.2) is 0 Å². The van der Waals surface area contributed by atoms with Gasteiger partial charge in [0.1, 0.15) is 12.4 Å². The van der Waals surface area contributed by atoms with Crippen LogP contribution < -0.4 is 0 Å². The van der Waals surface area contributed by atoms with Crippen LogP contribution in [0.2, 0.25) is 0 Å². The number of aryl methyl sites for hydroxylation is 1. The lowest BCUT2D eigenvalue weighted by molar-refractivity contribution is 0.0781. The normalized spacial score (nSPS) is 9.86. The largest absolute Gasteiger partial charge is 0.384 e. The second-order valence-electron chi connectivity index (χ2n) is 4.71. The van der Waals surface area contributed by atoms with Crippen molar-refractivity contribution in [3.63, 3.8) is 0 Å². The highest BCUT2D eigenvalue weighted by molar-refractivity contribution is 5.96. The molecule has 108 valence electrons. The Kier molecular flexibility index (Phi) is 4.75. The summed E-state index contributed by atoms with van der Waals surface area (Å²) in [7, 11) is 1.72. The van der Waals surface area contributed by atoms with Crippen molar-refractivity contribution < 1.29 is 9.90 Å². The van der Waals surface area contributed by atoms with Gasteiger partial charge in [0, 0.05) is 25.0 Å². The van der Waals surface area contributed by atoms with E-state index in [-0.39, 0.29) is 12.5 Å². The zero-order chi connectivity index (χ0) is 15.2. The molecule has 0 unspecified atom stereocenters. The van der Waals surface area contributed by atoms with Gasteiger partial charge in [-0.25, -0.2) is 4.98 Å². The molecule has 1 heterocycles. The van der Waals surface area contributed by atoms with Crippen molar-refractivity contribution in [2.75, 3.05) is 13.7 Å². The van der Waals surface area contributed by atoms with E-state index in [1.165, 1.54) is 0 Å². The lowest BCUT2D eigenvalue weighted by atomic mass is 10.0. The molecule has 0 fully saturated rings. The standard InChI is InChI=1S/C16H17N3O2/c1-12-5-6-13(4-3-9-20)14(10-12)16(21)19(2)11-15-17-7-8-18-15/h5-8,10,20H,9,11H2,1-2H3,(H,17,18). The molecule has 0 atom stereocenters. The Morgan fingerprint density at radius 2 is 2.29 bits per heavy atom. The van der Waals surface area contributed by atoms with Gasteiger partial charge in [0.2, 0.25) is 0 Å². The molecule has 0 aliphatic heterocycles. The van der Waals surface area contributed by atoms with E-state index in [9.17, 15) is 4.79 Å². The quantitative estimate of drug-likeness (QED) is 0.835. The molecule has 0 radical (unpaired) electrons. The topological polar surface area (TPSA) is 69.2 Å². The summed E-state index contributed by atoms with van der Waals surface area (Å²) in [6.07, 6.45) is 3.37. The van der Waals surface area contributed by atoms with Crippen LogP contribution in [-0.2, 0) is 6.54 Å². The van der Waals surface area contributed by atoms with Crippen LogP contribution in [0.25, 0.3) is 0 Å². The predicted octanol–water partition coefficient (Wildman–Crippen LogP) is 1.33. The summed E-state index contributed by atoms with van der Waals surface area (Å²) in [4.78, 5) is 21.2. The van der Waals surface area contributed by atoms with Crippen molar-refractivity contribution in [2.24, 2.45) is 0 Å². The third kappa shape index (κ3) is 3.71. The molecule has 21 heavy (non-hydrogen) atoms. The Balaban J connectivity index is 2.26. The predicted molar refractivity (Wildman–Crippen MR) is 79.5 cm³/mol. The molecule has 0 spiro atoms. The van der Waals surface area contributed by atoms with E-state index in [4.69, 9.17) is 5.11 Å². The van der Waals surface area contributed by atoms with Gasteiger partial charge in [-0.3, -0.25) is 4.79 Å². The molecule has 5 heteroatoms. The molecule has 1 amide bonds. The first-order valence-electron chi connectivity index (χ1n) is 6.56. The average molecular weight is 283 g/mol. The maximum atomic E-state index is 12.6. The summed E-state index contributed by atoms with van der Waals surface area (Å²) in [5.74, 6) is 5.99. The van der Waals surface area contributed by atoms with E-state index >= 15 is 0 Å². The molecule has 1 aromatic carbocycles. The number of aromatic nitrogens is 2. The van der Waals surface area contributed by atoms with Crippen LogP contribution in [0.4, 0.5) is 0 Å². The van der Waals surface area contributed by atoms with Crippen molar-refractivity contribution in [2.45, 2.75) is 13.5 Å². The minimum absolute atomic E-state index is 0.127. The van der Waals surface area contributed by atoms with Gasteiger partial charge in [-0.15, -0.1) is 0 Å².